The second-order valence-corrected chi connectivity index (χ2v) is 4.44. The summed E-state index contributed by atoms with van der Waals surface area (Å²) in [5.41, 5.74) is 0.734. The van der Waals surface area contributed by atoms with Crippen molar-refractivity contribution in [3.05, 3.63) is 40.7 Å². The zero-order valence-corrected chi connectivity index (χ0v) is 9.71. The average molecular weight is 251 g/mol. The first-order chi connectivity index (χ1) is 8.08. The number of nitrogens with one attached hydrogen (secondary N) is 1. The van der Waals surface area contributed by atoms with Crippen LogP contribution in [0.15, 0.2) is 28.9 Å². The molecule has 0 aliphatic carbocycles. The Morgan fingerprint density at radius 2 is 2.12 bits per heavy atom. The van der Waals surface area contributed by atoms with Crippen LogP contribution in [0.5, 0.6) is 0 Å². The van der Waals surface area contributed by atoms with Crippen LogP contribution in [0.25, 0.3) is 0 Å². The van der Waals surface area contributed by atoms with Crippen molar-refractivity contribution in [1.29, 1.82) is 0 Å². The van der Waals surface area contributed by atoms with Gasteiger partial charge in [-0.1, -0.05) is 0 Å². The summed E-state index contributed by atoms with van der Waals surface area (Å²) in [6, 6.07) is 4.67. The van der Waals surface area contributed by atoms with E-state index in [9.17, 15) is 9.59 Å². The molecule has 2 rings (SSSR count). The number of aryl methyl sites for hydroxylation is 1. The largest absolute Gasteiger partial charge is 0.477 e. The SMILES string of the molecule is Cc1ccoc1C(=O)Nc1ccc(C(=O)O)s1. The zero-order valence-electron chi connectivity index (χ0n) is 8.89. The van der Waals surface area contributed by atoms with Gasteiger partial charge in [-0.05, 0) is 25.1 Å². The molecule has 2 heterocycles. The van der Waals surface area contributed by atoms with Crippen LogP contribution >= 0.6 is 11.3 Å². The second-order valence-electron chi connectivity index (χ2n) is 3.36. The number of carbonyl (C=O) groups excluding carboxylic acids is 1. The predicted octanol–water partition coefficient (Wildman–Crippen LogP) is 2.60. The van der Waals surface area contributed by atoms with E-state index in [4.69, 9.17) is 9.52 Å². The van der Waals surface area contributed by atoms with Crippen molar-refractivity contribution in [3.63, 3.8) is 0 Å². The molecule has 5 nitrogen and oxygen atoms in total. The minimum atomic E-state index is -1.01. The average Bonchev–Trinajstić information content (AvgIpc) is 2.86. The summed E-state index contributed by atoms with van der Waals surface area (Å²) in [5, 5.41) is 11.8. The number of hydrogen-bond donors (Lipinski definition) is 2. The fraction of sp³-hybridized carbons (Fsp3) is 0.0909. The Kier molecular flexibility index (Phi) is 2.97. The molecule has 1 amide bonds. The Bertz CT molecular complexity index is 570. The van der Waals surface area contributed by atoms with Gasteiger partial charge in [0.05, 0.1) is 11.3 Å². The molecule has 0 spiro atoms. The van der Waals surface area contributed by atoms with Gasteiger partial charge >= 0.3 is 5.97 Å². The van der Waals surface area contributed by atoms with Crippen molar-refractivity contribution in [1.82, 2.24) is 0 Å². The highest BCUT2D eigenvalue weighted by Gasteiger charge is 2.14. The number of hydrogen-bond acceptors (Lipinski definition) is 4. The van der Waals surface area contributed by atoms with Crippen molar-refractivity contribution in [2.75, 3.05) is 5.32 Å². The number of aromatic carboxylic acids is 1. The lowest BCUT2D eigenvalue weighted by molar-refractivity contribution is 0.0702. The molecule has 0 saturated heterocycles. The van der Waals surface area contributed by atoms with Crippen LogP contribution in [0.2, 0.25) is 0 Å². The lowest BCUT2D eigenvalue weighted by Crippen LogP contribution is -2.10. The van der Waals surface area contributed by atoms with Crippen molar-refractivity contribution in [2.45, 2.75) is 6.92 Å². The second kappa shape index (κ2) is 4.42. The topological polar surface area (TPSA) is 79.5 Å². The van der Waals surface area contributed by atoms with Crippen molar-refractivity contribution >= 4 is 28.2 Å². The van der Waals surface area contributed by atoms with Gasteiger partial charge in [0.15, 0.2) is 5.76 Å². The molecular weight excluding hydrogens is 242 g/mol. The molecule has 0 atom stereocenters. The lowest BCUT2D eigenvalue weighted by atomic mass is 10.3. The number of thiophene rings is 1. The molecule has 2 aromatic rings. The number of carboxylic acid groups (broad SMARTS) is 1. The molecule has 0 aliphatic heterocycles. The summed E-state index contributed by atoms with van der Waals surface area (Å²) >= 11 is 0.999. The van der Waals surface area contributed by atoms with Crippen LogP contribution in [0.4, 0.5) is 5.00 Å². The van der Waals surface area contributed by atoms with Crippen LogP contribution in [0.1, 0.15) is 25.8 Å². The first-order valence-corrected chi connectivity index (χ1v) is 5.58. The van der Waals surface area contributed by atoms with E-state index >= 15 is 0 Å². The van der Waals surface area contributed by atoms with E-state index < -0.39 is 5.97 Å². The maximum atomic E-state index is 11.7. The number of amides is 1. The minimum absolute atomic E-state index is 0.177. The van der Waals surface area contributed by atoms with Crippen LogP contribution in [-0.4, -0.2) is 17.0 Å². The van der Waals surface area contributed by atoms with Crippen molar-refractivity contribution < 1.29 is 19.1 Å². The highest BCUT2D eigenvalue weighted by Crippen LogP contribution is 2.23. The van der Waals surface area contributed by atoms with Crippen LogP contribution in [0, 0.1) is 6.92 Å². The molecule has 0 radical (unpaired) electrons. The van der Waals surface area contributed by atoms with E-state index in [2.05, 4.69) is 5.32 Å². The van der Waals surface area contributed by atoms with Crippen LogP contribution < -0.4 is 5.32 Å². The summed E-state index contributed by atoms with van der Waals surface area (Å²) < 4.78 is 5.03. The van der Waals surface area contributed by atoms with E-state index in [0.29, 0.717) is 5.00 Å². The van der Waals surface area contributed by atoms with Gasteiger partial charge in [0.2, 0.25) is 0 Å². The van der Waals surface area contributed by atoms with Crippen LogP contribution in [0.3, 0.4) is 0 Å². The zero-order chi connectivity index (χ0) is 12.4. The first kappa shape index (κ1) is 11.4. The summed E-state index contributed by atoms with van der Waals surface area (Å²) in [6.45, 7) is 1.76. The Balaban J connectivity index is 2.13. The van der Waals surface area contributed by atoms with E-state index in [0.717, 1.165) is 16.9 Å². The van der Waals surface area contributed by atoms with Crippen LogP contribution in [-0.2, 0) is 0 Å². The summed E-state index contributed by atoms with van der Waals surface area (Å²) in [7, 11) is 0. The maximum absolute atomic E-state index is 11.7. The highest BCUT2D eigenvalue weighted by molar-refractivity contribution is 7.18. The Morgan fingerprint density at radius 3 is 2.65 bits per heavy atom. The van der Waals surface area contributed by atoms with Gasteiger partial charge < -0.3 is 14.8 Å². The van der Waals surface area contributed by atoms with Gasteiger partial charge in [-0.2, -0.15) is 0 Å². The summed E-state index contributed by atoms with van der Waals surface area (Å²) in [6.07, 6.45) is 1.43. The van der Waals surface area contributed by atoms with E-state index in [-0.39, 0.29) is 16.5 Å². The molecule has 17 heavy (non-hydrogen) atoms. The van der Waals surface area contributed by atoms with Gasteiger partial charge in [-0.3, -0.25) is 4.79 Å². The standard InChI is InChI=1S/C11H9NO4S/c1-6-4-5-16-9(6)10(13)12-8-3-2-7(17-8)11(14)15/h2-5H,1H3,(H,12,13)(H,14,15). The predicted molar refractivity (Wildman–Crippen MR) is 62.7 cm³/mol. The monoisotopic (exact) mass is 251 g/mol. The fourth-order valence-corrected chi connectivity index (χ4v) is 2.03. The molecule has 88 valence electrons. The molecule has 2 aromatic heterocycles. The molecule has 6 heteroatoms. The molecule has 0 aromatic carbocycles. The smallest absolute Gasteiger partial charge is 0.345 e. The maximum Gasteiger partial charge on any atom is 0.345 e. The van der Waals surface area contributed by atoms with Crippen molar-refractivity contribution in [3.8, 4) is 0 Å². The Morgan fingerprint density at radius 1 is 1.35 bits per heavy atom. The van der Waals surface area contributed by atoms with Gasteiger partial charge in [-0.25, -0.2) is 4.79 Å². The highest BCUT2D eigenvalue weighted by atomic mass is 32.1. The number of anilines is 1. The number of furan rings is 1. The van der Waals surface area contributed by atoms with Crippen molar-refractivity contribution in [2.24, 2.45) is 0 Å². The molecule has 0 unspecified atom stereocenters. The Hall–Kier alpha value is -2.08. The third-order valence-corrected chi connectivity index (χ3v) is 3.11. The minimum Gasteiger partial charge on any atom is -0.477 e. The number of carbonyl (C=O) groups is 2. The fourth-order valence-electron chi connectivity index (χ4n) is 1.29. The molecule has 0 aliphatic rings. The Labute approximate surface area is 101 Å². The van der Waals surface area contributed by atoms with Gasteiger partial charge in [-0.15, -0.1) is 11.3 Å². The van der Waals surface area contributed by atoms with E-state index in [1.54, 1.807) is 19.1 Å². The van der Waals surface area contributed by atoms with Gasteiger partial charge in [0.1, 0.15) is 4.88 Å². The first-order valence-electron chi connectivity index (χ1n) is 4.76. The third kappa shape index (κ3) is 2.36. The molecule has 0 bridgehead atoms. The lowest BCUT2D eigenvalue weighted by Gasteiger charge is -1.99. The summed E-state index contributed by atoms with van der Waals surface area (Å²) in [4.78, 5) is 22.6. The quantitative estimate of drug-likeness (QED) is 0.878. The molecule has 0 fully saturated rings. The molecule has 2 N–H and O–H groups in total. The summed E-state index contributed by atoms with van der Waals surface area (Å²) in [5.74, 6) is -1.16. The van der Waals surface area contributed by atoms with E-state index in [1.165, 1.54) is 12.3 Å². The number of rotatable bonds is 3. The van der Waals surface area contributed by atoms with Gasteiger partial charge in [0.25, 0.3) is 5.91 Å². The molecule has 0 saturated carbocycles. The van der Waals surface area contributed by atoms with E-state index in [1.807, 2.05) is 0 Å². The normalized spacial score (nSPS) is 10.2. The van der Waals surface area contributed by atoms with Gasteiger partial charge in [0, 0.05) is 5.56 Å². The molecular formula is C11H9NO4S. The third-order valence-electron chi connectivity index (χ3n) is 2.12. The number of carboxylic acids is 1.